The van der Waals surface area contributed by atoms with E-state index in [4.69, 9.17) is 0 Å². The predicted octanol–water partition coefficient (Wildman–Crippen LogP) is 5.78. The Kier molecular flexibility index (Phi) is 7.57. The van der Waals surface area contributed by atoms with Crippen molar-refractivity contribution in [2.45, 2.75) is 77.1 Å². The van der Waals surface area contributed by atoms with Gasteiger partial charge in [-0.25, -0.2) is 4.39 Å². The quantitative estimate of drug-likeness (QED) is 0.356. The van der Waals surface area contributed by atoms with Crippen molar-refractivity contribution in [3.05, 3.63) is 70.8 Å². The highest BCUT2D eigenvalue weighted by molar-refractivity contribution is 5.84. The maximum Gasteiger partial charge on any atom is 0.453 e. The molecular formula is C31H36F4N6O. The second-order valence-electron chi connectivity index (χ2n) is 12.4. The lowest BCUT2D eigenvalue weighted by atomic mass is 9.73. The Morgan fingerprint density at radius 1 is 1.00 bits per heavy atom. The zero-order chi connectivity index (χ0) is 29.6. The molecule has 0 spiro atoms. The van der Waals surface area contributed by atoms with E-state index in [2.05, 4.69) is 34.3 Å². The number of fused-ring (bicyclic) bond motifs is 1. The molecule has 1 amide bonds. The van der Waals surface area contributed by atoms with E-state index in [0.29, 0.717) is 36.2 Å². The van der Waals surface area contributed by atoms with E-state index in [1.807, 2.05) is 23.1 Å². The number of amides is 1. The number of carbonyl (C=O) groups excluding carboxylic acids is 1. The van der Waals surface area contributed by atoms with Gasteiger partial charge >= 0.3 is 6.18 Å². The Balaban J connectivity index is 1.15. The average Bonchev–Trinajstić information content (AvgIpc) is 3.66. The molecule has 1 aromatic heterocycles. The van der Waals surface area contributed by atoms with Crippen LogP contribution in [0.4, 0.5) is 17.6 Å². The fourth-order valence-corrected chi connectivity index (χ4v) is 7.36. The van der Waals surface area contributed by atoms with Gasteiger partial charge in [-0.15, -0.1) is 5.10 Å². The van der Waals surface area contributed by atoms with Crippen molar-refractivity contribution in [2.75, 3.05) is 19.6 Å². The number of benzene rings is 2. The highest BCUT2D eigenvalue weighted by Gasteiger charge is 2.51. The summed E-state index contributed by atoms with van der Waals surface area (Å²) >= 11 is 0. The monoisotopic (exact) mass is 584 g/mol. The van der Waals surface area contributed by atoms with Crippen LogP contribution in [0.25, 0.3) is 5.69 Å². The summed E-state index contributed by atoms with van der Waals surface area (Å²) in [5.41, 5.74) is 2.80. The molecule has 0 bridgehead atoms. The van der Waals surface area contributed by atoms with Crippen LogP contribution >= 0.6 is 0 Å². The van der Waals surface area contributed by atoms with Crippen LogP contribution in [0, 0.1) is 17.2 Å². The smallest absolute Gasteiger partial charge is 0.338 e. The van der Waals surface area contributed by atoms with Gasteiger partial charge in [0.1, 0.15) is 5.82 Å². The molecular weight excluding hydrogens is 548 g/mol. The zero-order valence-corrected chi connectivity index (χ0v) is 23.9. The minimum Gasteiger partial charge on any atom is -0.338 e. The molecule has 6 rings (SSSR count). The Morgan fingerprint density at radius 3 is 2.43 bits per heavy atom. The number of aromatic nitrogens is 4. The molecule has 11 heteroatoms. The van der Waals surface area contributed by atoms with Crippen LogP contribution in [-0.2, 0) is 23.9 Å². The average molecular weight is 585 g/mol. The number of piperidine rings is 1. The number of hydrogen-bond acceptors (Lipinski definition) is 5. The van der Waals surface area contributed by atoms with E-state index >= 15 is 0 Å². The number of rotatable bonds is 5. The lowest BCUT2D eigenvalue weighted by Crippen LogP contribution is -2.48. The lowest BCUT2D eigenvalue weighted by Gasteiger charge is -2.41. The number of nitrogens with zero attached hydrogens (tertiary/aromatic N) is 6. The van der Waals surface area contributed by atoms with Crippen LogP contribution in [0.1, 0.15) is 74.4 Å². The van der Waals surface area contributed by atoms with Gasteiger partial charge in [0.15, 0.2) is 0 Å². The van der Waals surface area contributed by atoms with Gasteiger partial charge in [-0.2, -0.15) is 17.9 Å². The largest absolute Gasteiger partial charge is 0.453 e. The molecule has 3 aromatic rings. The van der Waals surface area contributed by atoms with Gasteiger partial charge in [-0.3, -0.25) is 4.79 Å². The van der Waals surface area contributed by atoms with Crippen LogP contribution < -0.4 is 0 Å². The molecule has 2 atom stereocenters. The molecule has 1 saturated carbocycles. The molecule has 0 radical (unpaired) electrons. The van der Waals surface area contributed by atoms with Crippen LogP contribution in [0.15, 0.2) is 42.5 Å². The van der Waals surface area contributed by atoms with E-state index < -0.39 is 17.4 Å². The van der Waals surface area contributed by atoms with Crippen LogP contribution in [0.2, 0.25) is 0 Å². The standard InChI is InChI=1S/C31H36F4N6O/c1-20(2)30(13-9-27(18-30)39-14-10-23(11-15-39)21-3-6-25(32)7-4-21)29(42)40-16-12-22-5-8-26(17-24(22)19-40)41-28(31(33,34)35)36-37-38-41/h3-8,17,20,23,27H,9-16,18-19H2,1-2H3/t27-,30+/m1/s1. The van der Waals surface area contributed by atoms with Crippen LogP contribution in [-0.4, -0.2) is 61.6 Å². The number of halogens is 4. The molecule has 42 heavy (non-hydrogen) atoms. The maximum atomic E-state index is 14.3. The molecule has 1 aliphatic carbocycles. The minimum absolute atomic E-state index is 0.149. The third-order valence-corrected chi connectivity index (χ3v) is 9.90. The normalized spacial score (nSPS) is 23.9. The summed E-state index contributed by atoms with van der Waals surface area (Å²) < 4.78 is 54.3. The highest BCUT2D eigenvalue weighted by atomic mass is 19.4. The van der Waals surface area contributed by atoms with E-state index in [1.165, 1.54) is 17.7 Å². The highest BCUT2D eigenvalue weighted by Crippen LogP contribution is 2.48. The van der Waals surface area contributed by atoms with Gasteiger partial charge in [-0.05, 0) is 115 Å². The fourth-order valence-electron chi connectivity index (χ4n) is 7.36. The van der Waals surface area contributed by atoms with Crippen molar-refractivity contribution in [3.8, 4) is 5.69 Å². The Hall–Kier alpha value is -3.34. The van der Waals surface area contributed by atoms with Gasteiger partial charge < -0.3 is 9.80 Å². The fraction of sp³-hybridized carbons (Fsp3) is 0.548. The number of tetrazole rings is 1. The maximum absolute atomic E-state index is 14.3. The number of carbonyl (C=O) groups is 1. The first-order chi connectivity index (χ1) is 20.0. The molecule has 3 heterocycles. The van der Waals surface area contributed by atoms with E-state index in [1.54, 1.807) is 12.1 Å². The summed E-state index contributed by atoms with van der Waals surface area (Å²) in [4.78, 5) is 18.7. The first kappa shape index (κ1) is 28.8. The third kappa shape index (κ3) is 5.31. The summed E-state index contributed by atoms with van der Waals surface area (Å²) in [6.07, 6.45) is 0.625. The molecule has 2 fully saturated rings. The van der Waals surface area contributed by atoms with Crippen LogP contribution in [0.3, 0.4) is 0 Å². The van der Waals surface area contributed by atoms with E-state index in [9.17, 15) is 22.4 Å². The summed E-state index contributed by atoms with van der Waals surface area (Å²) in [5, 5.41) is 9.96. The number of hydrogen-bond donors (Lipinski definition) is 0. The van der Waals surface area contributed by atoms with E-state index in [0.717, 1.165) is 56.3 Å². The number of likely N-dealkylation sites (tertiary alicyclic amines) is 1. The zero-order valence-electron chi connectivity index (χ0n) is 23.9. The molecule has 0 unspecified atom stereocenters. The third-order valence-electron chi connectivity index (χ3n) is 9.90. The lowest BCUT2D eigenvalue weighted by molar-refractivity contribution is -0.147. The van der Waals surface area contributed by atoms with Gasteiger partial charge in [0.2, 0.25) is 5.91 Å². The second kappa shape index (κ2) is 11.1. The molecule has 2 aromatic carbocycles. The molecule has 7 nitrogen and oxygen atoms in total. The first-order valence-electron chi connectivity index (χ1n) is 14.8. The van der Waals surface area contributed by atoms with E-state index in [-0.39, 0.29) is 23.3 Å². The summed E-state index contributed by atoms with van der Waals surface area (Å²) in [6.45, 7) is 7.14. The van der Waals surface area contributed by atoms with Crippen molar-refractivity contribution in [2.24, 2.45) is 11.3 Å². The van der Waals surface area contributed by atoms with Crippen molar-refractivity contribution in [3.63, 3.8) is 0 Å². The number of alkyl halides is 3. The van der Waals surface area contributed by atoms with Crippen molar-refractivity contribution < 1.29 is 22.4 Å². The summed E-state index contributed by atoms with van der Waals surface area (Å²) in [5.74, 6) is -0.648. The Morgan fingerprint density at radius 2 is 1.74 bits per heavy atom. The molecule has 1 saturated heterocycles. The molecule has 0 N–H and O–H groups in total. The minimum atomic E-state index is -4.68. The summed E-state index contributed by atoms with van der Waals surface area (Å²) in [7, 11) is 0. The van der Waals surface area contributed by atoms with Gasteiger partial charge in [0, 0.05) is 19.1 Å². The predicted molar refractivity (Wildman–Crippen MR) is 148 cm³/mol. The van der Waals surface area contributed by atoms with Gasteiger partial charge in [0.05, 0.1) is 11.1 Å². The summed E-state index contributed by atoms with van der Waals surface area (Å²) in [6, 6.07) is 12.3. The second-order valence-corrected chi connectivity index (χ2v) is 12.4. The van der Waals surface area contributed by atoms with Gasteiger partial charge in [0.25, 0.3) is 5.82 Å². The van der Waals surface area contributed by atoms with Crippen LogP contribution in [0.5, 0.6) is 0 Å². The van der Waals surface area contributed by atoms with Crippen molar-refractivity contribution >= 4 is 5.91 Å². The SMILES string of the molecule is CC(C)[C@]1(C(=O)N2CCc3ccc(-n4nnnc4C(F)(F)F)cc3C2)CC[C@@H](N2CCC(c3ccc(F)cc3)CC2)C1. The van der Waals surface area contributed by atoms with Crippen molar-refractivity contribution in [1.82, 2.24) is 30.0 Å². The first-order valence-corrected chi connectivity index (χ1v) is 14.8. The van der Waals surface area contributed by atoms with Gasteiger partial charge in [-0.1, -0.05) is 32.0 Å². The Bertz CT molecular complexity index is 1430. The van der Waals surface area contributed by atoms with Crippen molar-refractivity contribution in [1.29, 1.82) is 0 Å². The molecule has 2 aliphatic heterocycles. The molecule has 224 valence electrons. The topological polar surface area (TPSA) is 67.2 Å². The Labute approximate surface area is 242 Å². The molecule has 3 aliphatic rings.